The maximum Gasteiger partial charge on any atom is 0.264 e. The molecule has 1 atom stereocenters. The van der Waals surface area contributed by atoms with Gasteiger partial charge in [-0.15, -0.1) is 0 Å². The van der Waals surface area contributed by atoms with Gasteiger partial charge in [0.25, 0.3) is 5.91 Å². The predicted octanol–water partition coefficient (Wildman–Crippen LogP) is 3.47. The Morgan fingerprint density at radius 3 is 2.53 bits per heavy atom. The van der Waals surface area contributed by atoms with E-state index in [9.17, 15) is 4.79 Å². The van der Waals surface area contributed by atoms with E-state index >= 15 is 0 Å². The number of carbonyl (C=O) groups excluding carboxylic acids is 1. The molecule has 3 aromatic rings. The van der Waals surface area contributed by atoms with Crippen molar-refractivity contribution in [3.8, 4) is 17.2 Å². The Labute approximate surface area is 212 Å². The van der Waals surface area contributed by atoms with E-state index < -0.39 is 6.10 Å². The molecule has 1 N–H and O–H groups in total. The lowest BCUT2D eigenvalue weighted by Gasteiger charge is -2.32. The molecule has 0 saturated carbocycles. The zero-order valence-corrected chi connectivity index (χ0v) is 20.7. The lowest BCUT2D eigenvalue weighted by atomic mass is 10.1. The second-order valence-corrected chi connectivity index (χ2v) is 9.42. The first kappa shape index (κ1) is 24.2. The van der Waals surface area contributed by atoms with Crippen LogP contribution in [0, 0.1) is 0 Å². The van der Waals surface area contributed by atoms with E-state index in [1.165, 1.54) is 5.56 Å². The minimum absolute atomic E-state index is 0.173. The normalized spacial score (nSPS) is 18.0. The summed E-state index contributed by atoms with van der Waals surface area (Å²) < 4.78 is 17.7. The Bertz CT molecular complexity index is 1160. The van der Waals surface area contributed by atoms with Crippen molar-refractivity contribution in [2.24, 2.45) is 0 Å². The van der Waals surface area contributed by atoms with E-state index in [1.807, 2.05) is 48.5 Å². The predicted molar refractivity (Wildman–Crippen MR) is 138 cm³/mol. The third-order valence-corrected chi connectivity index (χ3v) is 6.58. The molecule has 2 heterocycles. The van der Waals surface area contributed by atoms with Crippen LogP contribution >= 0.6 is 0 Å². The molecule has 2 aliphatic rings. The fourth-order valence-corrected chi connectivity index (χ4v) is 4.42. The summed E-state index contributed by atoms with van der Waals surface area (Å²) in [5.74, 6) is 1.60. The lowest BCUT2D eigenvalue weighted by molar-refractivity contribution is -0.130. The van der Waals surface area contributed by atoms with Crippen molar-refractivity contribution in [2.75, 3.05) is 39.8 Å². The molecule has 7 nitrogen and oxygen atoms in total. The number of nitrogens with one attached hydrogen (secondary N) is 1. The molecular weight excluding hydrogens is 454 g/mol. The molecule has 3 aromatic carbocycles. The van der Waals surface area contributed by atoms with Crippen LogP contribution in [0.2, 0.25) is 0 Å². The maximum atomic E-state index is 12.8. The molecule has 0 spiro atoms. The summed E-state index contributed by atoms with van der Waals surface area (Å²) in [5, 5.41) is 3.00. The first-order valence-electron chi connectivity index (χ1n) is 12.5. The Hall–Kier alpha value is -3.55. The van der Waals surface area contributed by atoms with Crippen LogP contribution < -0.4 is 19.5 Å². The van der Waals surface area contributed by atoms with Crippen LogP contribution in [0.3, 0.4) is 0 Å². The van der Waals surface area contributed by atoms with Crippen molar-refractivity contribution in [3.63, 3.8) is 0 Å². The quantitative estimate of drug-likeness (QED) is 0.525. The number of piperazine rings is 1. The van der Waals surface area contributed by atoms with Gasteiger partial charge in [0, 0.05) is 45.3 Å². The molecule has 1 amide bonds. The van der Waals surface area contributed by atoms with E-state index in [2.05, 4.69) is 40.4 Å². The number of likely N-dealkylation sites (N-methyl/N-ethyl adjacent to an activating group) is 1. The monoisotopic (exact) mass is 487 g/mol. The highest BCUT2D eigenvalue weighted by Crippen LogP contribution is 2.35. The molecule has 5 rings (SSSR count). The molecule has 1 fully saturated rings. The largest absolute Gasteiger partial charge is 0.489 e. The van der Waals surface area contributed by atoms with Crippen LogP contribution in [0.25, 0.3) is 0 Å². The second-order valence-electron chi connectivity index (χ2n) is 9.42. The first-order valence-corrected chi connectivity index (χ1v) is 12.5. The van der Waals surface area contributed by atoms with Crippen LogP contribution in [0.1, 0.15) is 16.7 Å². The highest BCUT2D eigenvalue weighted by atomic mass is 16.6. The lowest BCUT2D eigenvalue weighted by Crippen LogP contribution is -2.44. The number of rotatable bonds is 8. The topological polar surface area (TPSA) is 63.3 Å². The van der Waals surface area contributed by atoms with Crippen LogP contribution in [-0.2, 0) is 24.5 Å². The zero-order chi connectivity index (χ0) is 24.7. The summed E-state index contributed by atoms with van der Waals surface area (Å²) in [7, 11) is 2.17. The minimum atomic E-state index is -0.713. The second kappa shape index (κ2) is 11.5. The number of hydrogen-bond acceptors (Lipinski definition) is 6. The van der Waals surface area contributed by atoms with Gasteiger partial charge < -0.3 is 24.4 Å². The average Bonchev–Trinajstić information content (AvgIpc) is 2.92. The Balaban J connectivity index is 1.13. The molecule has 0 aliphatic carbocycles. The third-order valence-electron chi connectivity index (χ3n) is 6.58. The van der Waals surface area contributed by atoms with Crippen LogP contribution in [0.15, 0.2) is 72.8 Å². The van der Waals surface area contributed by atoms with Crippen molar-refractivity contribution >= 4 is 5.91 Å². The molecule has 1 saturated heterocycles. The van der Waals surface area contributed by atoms with Gasteiger partial charge in [-0.3, -0.25) is 9.69 Å². The van der Waals surface area contributed by atoms with Gasteiger partial charge in [0.05, 0.1) is 0 Å². The highest BCUT2D eigenvalue weighted by Gasteiger charge is 2.27. The number of ether oxygens (including phenoxy) is 3. The van der Waals surface area contributed by atoms with Crippen molar-refractivity contribution in [2.45, 2.75) is 25.8 Å². The third kappa shape index (κ3) is 6.36. The van der Waals surface area contributed by atoms with Gasteiger partial charge in [0.1, 0.15) is 19.0 Å². The van der Waals surface area contributed by atoms with Gasteiger partial charge in [0.15, 0.2) is 11.5 Å². The summed E-state index contributed by atoms with van der Waals surface area (Å²) in [5.41, 5.74) is 3.42. The summed E-state index contributed by atoms with van der Waals surface area (Å²) in [6.07, 6.45) is -0.713. The van der Waals surface area contributed by atoms with Crippen molar-refractivity contribution in [1.82, 2.24) is 15.1 Å². The van der Waals surface area contributed by atoms with E-state index in [4.69, 9.17) is 14.2 Å². The molecule has 0 bridgehead atoms. The molecule has 0 aromatic heterocycles. The van der Waals surface area contributed by atoms with Gasteiger partial charge in [-0.1, -0.05) is 54.6 Å². The summed E-state index contributed by atoms with van der Waals surface area (Å²) in [4.78, 5) is 17.7. The summed E-state index contributed by atoms with van der Waals surface area (Å²) in [6, 6.07) is 23.8. The molecule has 188 valence electrons. The van der Waals surface area contributed by atoms with Crippen LogP contribution in [-0.4, -0.2) is 61.6 Å². The molecule has 1 unspecified atom stereocenters. The number of benzene rings is 3. The fourth-order valence-electron chi connectivity index (χ4n) is 4.42. The smallest absolute Gasteiger partial charge is 0.264 e. The number of nitrogens with zero attached hydrogens (tertiary/aromatic N) is 2. The van der Waals surface area contributed by atoms with Crippen molar-refractivity contribution < 1.29 is 19.0 Å². The molecule has 36 heavy (non-hydrogen) atoms. The van der Waals surface area contributed by atoms with Crippen molar-refractivity contribution in [1.29, 1.82) is 0 Å². The molecule has 2 aliphatic heterocycles. The Morgan fingerprint density at radius 2 is 1.69 bits per heavy atom. The molecular formula is C29H33N3O4. The van der Waals surface area contributed by atoms with E-state index in [0.717, 1.165) is 43.9 Å². The molecule has 0 radical (unpaired) electrons. The number of amides is 1. The number of carbonyl (C=O) groups is 1. The van der Waals surface area contributed by atoms with Crippen LogP contribution in [0.4, 0.5) is 0 Å². The van der Waals surface area contributed by atoms with Crippen molar-refractivity contribution in [3.05, 3.63) is 89.5 Å². The number of hydrogen-bond donors (Lipinski definition) is 1. The first-order chi connectivity index (χ1) is 17.6. The average molecular weight is 488 g/mol. The summed E-state index contributed by atoms with van der Waals surface area (Å²) in [6.45, 7) is 6.37. The van der Waals surface area contributed by atoms with E-state index in [1.54, 1.807) is 6.07 Å². The SMILES string of the molecule is CN1CCN(Cc2cccc(CNC(=O)C3COc4ccc(OCc5ccccc5)cc4O3)c2)CC1. The van der Waals surface area contributed by atoms with Gasteiger partial charge in [-0.2, -0.15) is 0 Å². The van der Waals surface area contributed by atoms with Gasteiger partial charge in [-0.25, -0.2) is 0 Å². The standard InChI is InChI=1S/C29H33N3O4/c1-31-12-14-32(15-13-31)19-24-9-5-8-23(16-24)18-30-29(33)28-21-35-26-11-10-25(17-27(26)36-28)34-20-22-6-3-2-4-7-22/h2-11,16-17,28H,12-15,18-21H2,1H3,(H,30,33). The molecule has 7 heteroatoms. The van der Waals surface area contributed by atoms with Gasteiger partial charge in [0.2, 0.25) is 6.10 Å². The Kier molecular flexibility index (Phi) is 7.69. The van der Waals surface area contributed by atoms with E-state index in [-0.39, 0.29) is 12.5 Å². The highest BCUT2D eigenvalue weighted by molar-refractivity contribution is 5.81. The summed E-state index contributed by atoms with van der Waals surface area (Å²) >= 11 is 0. The fraction of sp³-hybridized carbons (Fsp3) is 0.345. The maximum absolute atomic E-state index is 12.8. The minimum Gasteiger partial charge on any atom is -0.489 e. The van der Waals surface area contributed by atoms with Gasteiger partial charge >= 0.3 is 0 Å². The number of fused-ring (bicyclic) bond motifs is 1. The Morgan fingerprint density at radius 1 is 0.917 bits per heavy atom. The van der Waals surface area contributed by atoms with E-state index in [0.29, 0.717) is 30.4 Å². The van der Waals surface area contributed by atoms with Gasteiger partial charge in [-0.05, 0) is 35.9 Å². The zero-order valence-electron chi connectivity index (χ0n) is 20.7. The van der Waals surface area contributed by atoms with Crippen LogP contribution in [0.5, 0.6) is 17.2 Å².